The van der Waals surface area contributed by atoms with Gasteiger partial charge in [-0.3, -0.25) is 0 Å². The summed E-state index contributed by atoms with van der Waals surface area (Å²) in [6.07, 6.45) is 0. The Hall–Kier alpha value is -0.510. The van der Waals surface area contributed by atoms with Crippen molar-refractivity contribution < 1.29 is 0 Å². The molecule has 0 bridgehead atoms. The minimum Gasteiger partial charge on any atom is -0.234 e. The average Bonchev–Trinajstić information content (AvgIpc) is 2.26. The Morgan fingerprint density at radius 3 is 1.79 bits per heavy atom. The maximum absolute atomic E-state index is 4.49. The molecule has 14 heavy (non-hydrogen) atoms. The molecule has 1 heterocycles. The number of nitrogens with zero attached hydrogens (tertiary/aromatic N) is 3. The Morgan fingerprint density at radius 1 is 1.07 bits per heavy atom. The van der Waals surface area contributed by atoms with Crippen molar-refractivity contribution in [2.24, 2.45) is 0 Å². The summed E-state index contributed by atoms with van der Waals surface area (Å²) in [6, 6.07) is 0. The van der Waals surface area contributed by atoms with Gasteiger partial charge in [-0.1, -0.05) is 26.0 Å². The van der Waals surface area contributed by atoms with Crippen LogP contribution in [0.2, 0.25) is 0 Å². The second-order valence-corrected chi connectivity index (χ2v) is 6.02. The summed E-state index contributed by atoms with van der Waals surface area (Å²) in [5.74, 6) is 0. The van der Waals surface area contributed by atoms with Crippen LogP contribution in [-0.4, -0.2) is 15.0 Å². The molecule has 0 saturated carbocycles. The predicted octanol–water partition coefficient (Wildman–Crippen LogP) is 2.62. The minimum absolute atomic E-state index is 0.000579. The van der Waals surface area contributed by atoms with Crippen LogP contribution in [0.1, 0.15) is 47.2 Å². The maximum Gasteiger partial charge on any atom is 0.116 e. The molecule has 1 aromatic heterocycles. The smallest absolute Gasteiger partial charge is 0.116 e. The Bertz CT molecular complexity index is 297. The molecule has 1 aromatic rings. The van der Waals surface area contributed by atoms with Crippen LogP contribution in [0.4, 0.5) is 0 Å². The van der Waals surface area contributed by atoms with Crippen LogP contribution in [0, 0.1) is 0 Å². The lowest BCUT2D eigenvalue weighted by atomic mass is 9.93. The molecule has 0 saturated heterocycles. The molecule has 0 atom stereocenters. The van der Waals surface area contributed by atoms with Crippen molar-refractivity contribution in [2.45, 2.75) is 57.5 Å². The summed E-state index contributed by atoms with van der Waals surface area (Å²) < 4.78 is 1.86. The van der Waals surface area contributed by atoms with E-state index in [0.717, 1.165) is 10.7 Å². The van der Waals surface area contributed by atoms with Gasteiger partial charge in [0.25, 0.3) is 0 Å². The second-order valence-electron chi connectivity index (χ2n) is 5.59. The van der Waals surface area contributed by atoms with Gasteiger partial charge in [0.1, 0.15) is 10.7 Å². The van der Waals surface area contributed by atoms with Crippen LogP contribution in [0.5, 0.6) is 0 Å². The van der Waals surface area contributed by atoms with Crippen molar-refractivity contribution in [1.29, 1.82) is 0 Å². The SMILES string of the molecule is CC(C)(C)c1nnn(C(C)(C)C)c1S. The first kappa shape index (κ1) is 11.6. The fourth-order valence-corrected chi connectivity index (χ4v) is 1.93. The number of rotatable bonds is 0. The summed E-state index contributed by atoms with van der Waals surface area (Å²) >= 11 is 4.49. The summed E-state index contributed by atoms with van der Waals surface area (Å²) in [4.78, 5) is 0. The van der Waals surface area contributed by atoms with E-state index in [9.17, 15) is 0 Å². The van der Waals surface area contributed by atoms with E-state index in [1.807, 2.05) is 4.68 Å². The normalized spacial score (nSPS) is 13.4. The van der Waals surface area contributed by atoms with Gasteiger partial charge in [-0.25, -0.2) is 4.68 Å². The Kier molecular flexibility index (Phi) is 2.69. The van der Waals surface area contributed by atoms with Gasteiger partial charge in [-0.15, -0.1) is 17.7 Å². The first-order valence-electron chi connectivity index (χ1n) is 4.79. The van der Waals surface area contributed by atoms with Crippen molar-refractivity contribution >= 4 is 12.6 Å². The number of hydrogen-bond donors (Lipinski definition) is 1. The highest BCUT2D eigenvalue weighted by Gasteiger charge is 2.26. The molecule has 0 amide bonds. The largest absolute Gasteiger partial charge is 0.234 e. The van der Waals surface area contributed by atoms with E-state index in [-0.39, 0.29) is 11.0 Å². The van der Waals surface area contributed by atoms with E-state index in [1.54, 1.807) is 0 Å². The van der Waals surface area contributed by atoms with Crippen molar-refractivity contribution in [3.8, 4) is 0 Å². The van der Waals surface area contributed by atoms with Crippen LogP contribution in [0.15, 0.2) is 5.03 Å². The van der Waals surface area contributed by atoms with Gasteiger partial charge in [0, 0.05) is 5.41 Å². The van der Waals surface area contributed by atoms with E-state index in [0.29, 0.717) is 0 Å². The minimum atomic E-state index is -0.0619. The van der Waals surface area contributed by atoms with E-state index in [4.69, 9.17) is 0 Å². The molecule has 0 aromatic carbocycles. The molecule has 0 aliphatic heterocycles. The van der Waals surface area contributed by atoms with E-state index < -0.39 is 0 Å². The molecule has 0 N–H and O–H groups in total. The van der Waals surface area contributed by atoms with Crippen LogP contribution in [0.25, 0.3) is 0 Å². The predicted molar refractivity (Wildman–Crippen MR) is 61.0 cm³/mol. The third-order valence-electron chi connectivity index (χ3n) is 1.99. The Labute approximate surface area is 91.3 Å². The van der Waals surface area contributed by atoms with Crippen LogP contribution in [0.3, 0.4) is 0 Å². The van der Waals surface area contributed by atoms with Crippen LogP contribution in [-0.2, 0) is 11.0 Å². The third-order valence-corrected chi connectivity index (χ3v) is 2.39. The maximum atomic E-state index is 4.49. The second kappa shape index (κ2) is 3.26. The molecule has 80 valence electrons. The first-order valence-corrected chi connectivity index (χ1v) is 5.24. The molecular weight excluding hydrogens is 194 g/mol. The molecule has 0 radical (unpaired) electrons. The lowest BCUT2D eigenvalue weighted by molar-refractivity contribution is 0.322. The summed E-state index contributed by atoms with van der Waals surface area (Å²) in [6.45, 7) is 12.6. The lowest BCUT2D eigenvalue weighted by Crippen LogP contribution is -2.24. The standard InChI is InChI=1S/C10H19N3S/c1-9(2,3)7-8(14)13(12-11-7)10(4,5)6/h14H,1-6H3. The molecule has 0 unspecified atom stereocenters. The Morgan fingerprint density at radius 2 is 1.57 bits per heavy atom. The molecule has 0 spiro atoms. The first-order chi connectivity index (χ1) is 6.14. The van der Waals surface area contributed by atoms with E-state index in [1.165, 1.54) is 0 Å². The average molecular weight is 213 g/mol. The van der Waals surface area contributed by atoms with E-state index >= 15 is 0 Å². The molecule has 4 heteroatoms. The molecule has 3 nitrogen and oxygen atoms in total. The lowest BCUT2D eigenvalue weighted by Gasteiger charge is -2.21. The van der Waals surface area contributed by atoms with Crippen LogP contribution < -0.4 is 0 Å². The highest BCUT2D eigenvalue weighted by atomic mass is 32.1. The Balaban J connectivity index is 3.23. The van der Waals surface area contributed by atoms with Gasteiger partial charge in [0.05, 0.1) is 5.54 Å². The van der Waals surface area contributed by atoms with Crippen molar-refractivity contribution in [2.75, 3.05) is 0 Å². The number of aromatic nitrogens is 3. The zero-order valence-corrected chi connectivity index (χ0v) is 10.7. The quantitative estimate of drug-likeness (QED) is 0.672. The van der Waals surface area contributed by atoms with Gasteiger partial charge in [0.2, 0.25) is 0 Å². The van der Waals surface area contributed by atoms with Gasteiger partial charge in [-0.2, -0.15) is 0 Å². The van der Waals surface area contributed by atoms with Gasteiger partial charge in [0.15, 0.2) is 0 Å². The third kappa shape index (κ3) is 2.11. The summed E-state index contributed by atoms with van der Waals surface area (Å²) in [7, 11) is 0. The molecule has 0 fully saturated rings. The monoisotopic (exact) mass is 213 g/mol. The number of hydrogen-bond acceptors (Lipinski definition) is 3. The molecular formula is C10H19N3S. The summed E-state index contributed by atoms with van der Waals surface area (Å²) in [5, 5.41) is 9.20. The van der Waals surface area contributed by atoms with Crippen LogP contribution >= 0.6 is 12.6 Å². The fraction of sp³-hybridized carbons (Fsp3) is 0.800. The zero-order chi connectivity index (χ0) is 11.1. The van der Waals surface area contributed by atoms with Crippen molar-refractivity contribution in [3.63, 3.8) is 0 Å². The van der Waals surface area contributed by atoms with E-state index in [2.05, 4.69) is 64.5 Å². The van der Waals surface area contributed by atoms with Gasteiger partial charge in [-0.05, 0) is 20.8 Å². The number of thiol groups is 1. The van der Waals surface area contributed by atoms with Crippen molar-refractivity contribution in [3.05, 3.63) is 5.69 Å². The highest BCUT2D eigenvalue weighted by Crippen LogP contribution is 2.28. The molecule has 0 aliphatic rings. The highest BCUT2D eigenvalue weighted by molar-refractivity contribution is 7.80. The van der Waals surface area contributed by atoms with Gasteiger partial charge >= 0.3 is 0 Å². The van der Waals surface area contributed by atoms with Crippen molar-refractivity contribution in [1.82, 2.24) is 15.0 Å². The molecule has 1 rings (SSSR count). The molecule has 0 aliphatic carbocycles. The van der Waals surface area contributed by atoms with Gasteiger partial charge < -0.3 is 0 Å². The summed E-state index contributed by atoms with van der Waals surface area (Å²) in [5.41, 5.74) is 0.893. The fourth-order valence-electron chi connectivity index (χ4n) is 1.21. The topological polar surface area (TPSA) is 30.7 Å². The zero-order valence-electron chi connectivity index (χ0n) is 9.79.